The van der Waals surface area contributed by atoms with Crippen LogP contribution in [0.25, 0.3) is 65.3 Å². The molecule has 164 valence electrons. The van der Waals surface area contributed by atoms with E-state index in [0.717, 1.165) is 10.8 Å². The van der Waals surface area contributed by atoms with E-state index < -0.39 is 0 Å². The summed E-state index contributed by atoms with van der Waals surface area (Å²) >= 11 is 0. The van der Waals surface area contributed by atoms with Crippen LogP contribution in [0.5, 0.6) is 5.75 Å². The van der Waals surface area contributed by atoms with Gasteiger partial charge in [0, 0.05) is 0 Å². The molecule has 7 aromatic carbocycles. The van der Waals surface area contributed by atoms with Gasteiger partial charge < -0.3 is 5.11 Å². The number of phenolic OH excluding ortho intramolecular Hbond substituents is 1. The lowest BCUT2D eigenvalue weighted by atomic mass is 9.84. The molecule has 1 nitrogen and oxygen atoms in total. The highest BCUT2D eigenvalue weighted by molar-refractivity contribution is 6.23. The summed E-state index contributed by atoms with van der Waals surface area (Å²) in [5, 5.41) is 19.7. The Kier molecular flexibility index (Phi) is 4.37. The molecule has 0 aliphatic rings. The van der Waals surface area contributed by atoms with Crippen LogP contribution in [0.4, 0.5) is 0 Å². The summed E-state index contributed by atoms with van der Waals surface area (Å²) in [7, 11) is 0. The van der Waals surface area contributed by atoms with Gasteiger partial charge in [-0.3, -0.25) is 0 Å². The van der Waals surface area contributed by atoms with Crippen LogP contribution in [0.1, 0.15) is 0 Å². The van der Waals surface area contributed by atoms with Crippen molar-refractivity contribution in [1.29, 1.82) is 0 Å². The SMILES string of the molecule is Oc1ccc2c(-c3c4ccccc4c(-c4ccc5ccccc5c4)c4ccccc34)cccc2c1. The van der Waals surface area contributed by atoms with Gasteiger partial charge >= 0.3 is 0 Å². The van der Waals surface area contributed by atoms with E-state index in [-0.39, 0.29) is 5.75 Å². The first-order valence-electron chi connectivity index (χ1n) is 11.9. The van der Waals surface area contributed by atoms with Crippen molar-refractivity contribution in [2.24, 2.45) is 0 Å². The van der Waals surface area contributed by atoms with Crippen molar-refractivity contribution in [3.05, 3.63) is 127 Å². The molecule has 0 saturated heterocycles. The average molecular weight is 447 g/mol. The van der Waals surface area contributed by atoms with Crippen molar-refractivity contribution >= 4 is 43.1 Å². The van der Waals surface area contributed by atoms with Crippen LogP contribution in [0, 0.1) is 0 Å². The lowest BCUT2D eigenvalue weighted by Gasteiger charge is -2.19. The van der Waals surface area contributed by atoms with Crippen molar-refractivity contribution in [3.8, 4) is 28.0 Å². The molecule has 0 radical (unpaired) electrons. The Balaban J connectivity index is 1.64. The van der Waals surface area contributed by atoms with Gasteiger partial charge in [-0.2, -0.15) is 0 Å². The minimum Gasteiger partial charge on any atom is -0.508 e. The monoisotopic (exact) mass is 446 g/mol. The molecule has 0 amide bonds. The Morgan fingerprint density at radius 3 is 1.69 bits per heavy atom. The smallest absolute Gasteiger partial charge is 0.116 e. The Morgan fingerprint density at radius 1 is 0.371 bits per heavy atom. The maximum Gasteiger partial charge on any atom is 0.116 e. The number of fused-ring (bicyclic) bond motifs is 4. The molecule has 0 aliphatic heterocycles. The maximum absolute atomic E-state index is 10.1. The molecule has 0 aliphatic carbocycles. The van der Waals surface area contributed by atoms with Gasteiger partial charge in [0.1, 0.15) is 5.75 Å². The number of aromatic hydroxyl groups is 1. The number of phenols is 1. The van der Waals surface area contributed by atoms with Crippen molar-refractivity contribution in [2.45, 2.75) is 0 Å². The Morgan fingerprint density at radius 2 is 0.971 bits per heavy atom. The standard InChI is InChI=1S/C34H22O/c35-26-18-19-27-24(21-26)10-7-15-28(27)34-31-13-5-3-11-29(31)33(30-12-4-6-14-32(30)34)25-17-16-22-8-1-2-9-23(22)20-25/h1-21,35H. The van der Waals surface area contributed by atoms with Crippen LogP contribution < -0.4 is 0 Å². The van der Waals surface area contributed by atoms with Crippen LogP contribution in [0.15, 0.2) is 127 Å². The quantitative estimate of drug-likeness (QED) is 0.262. The van der Waals surface area contributed by atoms with Crippen molar-refractivity contribution in [1.82, 2.24) is 0 Å². The van der Waals surface area contributed by atoms with Gasteiger partial charge in [-0.25, -0.2) is 0 Å². The Labute approximate surface area is 203 Å². The van der Waals surface area contributed by atoms with E-state index in [4.69, 9.17) is 0 Å². The first kappa shape index (κ1) is 19.8. The summed E-state index contributed by atoms with van der Waals surface area (Å²) in [4.78, 5) is 0. The zero-order valence-electron chi connectivity index (χ0n) is 19.1. The lowest BCUT2D eigenvalue weighted by Crippen LogP contribution is -1.91. The highest BCUT2D eigenvalue weighted by Crippen LogP contribution is 2.45. The summed E-state index contributed by atoms with van der Waals surface area (Å²) in [6, 6.07) is 44.8. The molecule has 0 bridgehead atoms. The third kappa shape index (κ3) is 3.09. The molecular weight excluding hydrogens is 424 g/mol. The second kappa shape index (κ2) is 7.72. The van der Waals surface area contributed by atoms with E-state index in [1.54, 1.807) is 6.07 Å². The van der Waals surface area contributed by atoms with E-state index >= 15 is 0 Å². The van der Waals surface area contributed by atoms with Crippen LogP contribution in [-0.2, 0) is 0 Å². The van der Waals surface area contributed by atoms with E-state index in [2.05, 4.69) is 109 Å². The normalized spacial score (nSPS) is 11.5. The number of hydrogen-bond acceptors (Lipinski definition) is 1. The Hall–Kier alpha value is -4.62. The third-order valence-electron chi connectivity index (χ3n) is 7.10. The first-order valence-corrected chi connectivity index (χ1v) is 11.9. The Bertz CT molecular complexity index is 1860. The van der Waals surface area contributed by atoms with E-state index in [1.165, 1.54) is 54.6 Å². The van der Waals surface area contributed by atoms with Gasteiger partial charge in [-0.05, 0) is 83.5 Å². The fourth-order valence-corrected chi connectivity index (χ4v) is 5.56. The van der Waals surface area contributed by atoms with Gasteiger partial charge in [-0.1, -0.05) is 109 Å². The third-order valence-corrected chi connectivity index (χ3v) is 7.10. The van der Waals surface area contributed by atoms with Gasteiger partial charge in [0.15, 0.2) is 0 Å². The summed E-state index contributed by atoms with van der Waals surface area (Å²) < 4.78 is 0. The van der Waals surface area contributed by atoms with E-state index in [0.29, 0.717) is 0 Å². The van der Waals surface area contributed by atoms with Gasteiger partial charge in [0.05, 0.1) is 0 Å². The van der Waals surface area contributed by atoms with Gasteiger partial charge in [0.2, 0.25) is 0 Å². The zero-order chi connectivity index (χ0) is 23.4. The predicted octanol–water partition coefficient (Wildman–Crippen LogP) is 9.34. The molecule has 1 N–H and O–H groups in total. The summed E-state index contributed by atoms with van der Waals surface area (Å²) in [6.07, 6.45) is 0. The molecule has 0 saturated carbocycles. The minimum absolute atomic E-state index is 0.288. The summed E-state index contributed by atoms with van der Waals surface area (Å²) in [6.45, 7) is 0. The van der Waals surface area contributed by atoms with E-state index in [9.17, 15) is 5.11 Å². The fraction of sp³-hybridized carbons (Fsp3) is 0. The van der Waals surface area contributed by atoms with Crippen LogP contribution in [0.3, 0.4) is 0 Å². The molecule has 35 heavy (non-hydrogen) atoms. The topological polar surface area (TPSA) is 20.2 Å². The van der Waals surface area contributed by atoms with Crippen molar-refractivity contribution in [3.63, 3.8) is 0 Å². The number of rotatable bonds is 2. The molecule has 0 spiro atoms. The molecule has 0 heterocycles. The average Bonchev–Trinajstić information content (AvgIpc) is 2.91. The predicted molar refractivity (Wildman–Crippen MR) is 149 cm³/mol. The maximum atomic E-state index is 10.1. The van der Waals surface area contributed by atoms with Gasteiger partial charge in [0.25, 0.3) is 0 Å². The number of hydrogen-bond donors (Lipinski definition) is 1. The molecule has 1 heteroatoms. The second-order valence-electron chi connectivity index (χ2n) is 9.11. The molecule has 0 aromatic heterocycles. The molecule has 7 rings (SSSR count). The summed E-state index contributed by atoms with van der Waals surface area (Å²) in [5.41, 5.74) is 4.91. The van der Waals surface area contributed by atoms with Gasteiger partial charge in [-0.15, -0.1) is 0 Å². The highest BCUT2D eigenvalue weighted by Gasteiger charge is 2.17. The minimum atomic E-state index is 0.288. The zero-order valence-corrected chi connectivity index (χ0v) is 19.1. The molecule has 0 unspecified atom stereocenters. The molecule has 7 aromatic rings. The van der Waals surface area contributed by atoms with Crippen molar-refractivity contribution in [2.75, 3.05) is 0 Å². The largest absolute Gasteiger partial charge is 0.508 e. The van der Waals surface area contributed by atoms with Crippen LogP contribution in [-0.4, -0.2) is 5.11 Å². The molecule has 0 atom stereocenters. The van der Waals surface area contributed by atoms with Crippen molar-refractivity contribution < 1.29 is 5.11 Å². The first-order chi connectivity index (χ1) is 17.3. The molecule has 0 fully saturated rings. The second-order valence-corrected chi connectivity index (χ2v) is 9.11. The highest BCUT2D eigenvalue weighted by atomic mass is 16.3. The van der Waals surface area contributed by atoms with Crippen LogP contribution >= 0.6 is 0 Å². The molecular formula is C34H22O. The van der Waals surface area contributed by atoms with Crippen LogP contribution in [0.2, 0.25) is 0 Å². The van der Waals surface area contributed by atoms with E-state index in [1.807, 2.05) is 12.1 Å². The summed E-state index contributed by atoms with van der Waals surface area (Å²) in [5.74, 6) is 0.288. The fourth-order valence-electron chi connectivity index (χ4n) is 5.56. The lowest BCUT2D eigenvalue weighted by molar-refractivity contribution is 0.476. The number of benzene rings is 7.